The molecule has 1 aromatic rings. The summed E-state index contributed by atoms with van der Waals surface area (Å²) in [6.45, 7) is 0. The summed E-state index contributed by atoms with van der Waals surface area (Å²) in [7, 11) is 0. The van der Waals surface area contributed by atoms with E-state index in [0.717, 1.165) is 12.3 Å². The molecule has 1 aliphatic rings. The van der Waals surface area contributed by atoms with Crippen LogP contribution in [0.2, 0.25) is 0 Å². The Balaban J connectivity index is 2.56. The molecule has 1 aliphatic heterocycles. The molecule has 0 N–H and O–H groups in total. The zero-order valence-corrected chi connectivity index (χ0v) is 8.29. The van der Waals surface area contributed by atoms with E-state index < -0.39 is 29.6 Å². The lowest BCUT2D eigenvalue weighted by Gasteiger charge is -2.07. The zero-order valence-electron chi connectivity index (χ0n) is 8.29. The molecule has 0 fully saturated rings. The van der Waals surface area contributed by atoms with Crippen molar-refractivity contribution in [1.82, 2.24) is 15.2 Å². The summed E-state index contributed by atoms with van der Waals surface area (Å²) in [5.41, 5.74) is 0.0329. The molecule has 1 aromatic heterocycles. The Kier molecular flexibility index (Phi) is 2.60. The average Bonchev–Trinajstić information content (AvgIpc) is 2.84. The summed E-state index contributed by atoms with van der Waals surface area (Å²) >= 11 is 0. The average molecular weight is 269 g/mol. The summed E-state index contributed by atoms with van der Waals surface area (Å²) in [5, 5.41) is 6.10. The van der Waals surface area contributed by atoms with Crippen molar-refractivity contribution < 1.29 is 26.3 Å². The third kappa shape index (κ3) is 2.17. The molecule has 18 heavy (non-hydrogen) atoms. The summed E-state index contributed by atoms with van der Waals surface area (Å²) in [5.74, 6) is -0.433. The van der Waals surface area contributed by atoms with Gasteiger partial charge < -0.3 is 0 Å². The molecular formula is C8H3F6N4. The van der Waals surface area contributed by atoms with Gasteiger partial charge in [0.25, 0.3) is 0 Å². The standard InChI is InChI=1S/C8H3F6N4/c9-7(10,11)4-3-5(8(12,13)14)18(17-4)6-1-2-15-16-6/h1-3H. The number of rotatable bonds is 0. The molecule has 0 amide bonds. The third-order valence-electron chi connectivity index (χ3n) is 1.96. The maximum Gasteiger partial charge on any atom is 0.435 e. The summed E-state index contributed by atoms with van der Waals surface area (Å²) < 4.78 is 74.8. The lowest BCUT2D eigenvalue weighted by molar-refractivity contribution is -0.143. The van der Waals surface area contributed by atoms with E-state index in [4.69, 9.17) is 0 Å². The summed E-state index contributed by atoms with van der Waals surface area (Å²) in [4.78, 5) is 0. The molecular weight excluding hydrogens is 266 g/mol. The van der Waals surface area contributed by atoms with E-state index in [9.17, 15) is 26.3 Å². The molecule has 1 radical (unpaired) electrons. The van der Waals surface area contributed by atoms with E-state index in [1.807, 2.05) is 0 Å². The molecule has 0 unspecified atom stereocenters. The van der Waals surface area contributed by atoms with Crippen molar-refractivity contribution in [3.63, 3.8) is 0 Å². The second kappa shape index (κ2) is 3.75. The first kappa shape index (κ1) is 12.5. The van der Waals surface area contributed by atoms with E-state index >= 15 is 0 Å². The fourth-order valence-electron chi connectivity index (χ4n) is 1.23. The lowest BCUT2D eigenvalue weighted by atomic mass is 10.3. The molecule has 0 atom stereocenters. The van der Waals surface area contributed by atoms with Crippen LogP contribution in [0, 0.1) is 0 Å². The van der Waals surface area contributed by atoms with Crippen molar-refractivity contribution in [1.29, 1.82) is 0 Å². The zero-order chi connectivity index (χ0) is 13.6. The van der Waals surface area contributed by atoms with Crippen LogP contribution in [0.15, 0.2) is 23.4 Å². The van der Waals surface area contributed by atoms with Crippen molar-refractivity contribution in [3.8, 4) is 0 Å². The van der Waals surface area contributed by atoms with Crippen molar-refractivity contribution in [2.45, 2.75) is 12.4 Å². The van der Waals surface area contributed by atoms with Gasteiger partial charge >= 0.3 is 12.4 Å². The highest BCUT2D eigenvalue weighted by atomic mass is 19.4. The van der Waals surface area contributed by atoms with Gasteiger partial charge in [-0.15, -0.1) is 5.10 Å². The van der Waals surface area contributed by atoms with Crippen molar-refractivity contribution >= 4 is 5.84 Å². The number of hydrogen-bond acceptors (Lipinski definition) is 2. The normalized spacial score (nSPS) is 15.8. The molecule has 0 saturated carbocycles. The number of nitrogens with zero attached hydrogens (tertiary/aromatic N) is 4. The number of alkyl halides is 6. The van der Waals surface area contributed by atoms with E-state index in [1.54, 1.807) is 0 Å². The molecule has 10 heteroatoms. The Hall–Kier alpha value is -2.00. The van der Waals surface area contributed by atoms with Gasteiger partial charge in [-0.3, -0.25) is 0 Å². The Morgan fingerprint density at radius 3 is 2.11 bits per heavy atom. The van der Waals surface area contributed by atoms with Gasteiger partial charge in [-0.05, 0) is 0 Å². The predicted molar refractivity (Wildman–Crippen MR) is 46.3 cm³/mol. The molecule has 2 heterocycles. The maximum atomic E-state index is 12.6. The predicted octanol–water partition coefficient (Wildman–Crippen LogP) is 2.21. The van der Waals surface area contributed by atoms with Crippen molar-refractivity contribution in [2.24, 2.45) is 5.10 Å². The molecule has 0 bridgehead atoms. The van der Waals surface area contributed by atoms with Gasteiger partial charge in [-0.1, -0.05) is 0 Å². The van der Waals surface area contributed by atoms with Gasteiger partial charge in [0.15, 0.2) is 17.2 Å². The fourth-order valence-corrected chi connectivity index (χ4v) is 1.23. The van der Waals surface area contributed by atoms with Crippen LogP contribution in [0.3, 0.4) is 0 Å². The van der Waals surface area contributed by atoms with Crippen LogP contribution in [0.5, 0.6) is 0 Å². The highest BCUT2D eigenvalue weighted by Crippen LogP contribution is 2.35. The topological polar surface area (TPSA) is 44.3 Å². The molecule has 2 rings (SSSR count). The minimum atomic E-state index is -4.98. The number of hydrogen-bond donors (Lipinski definition) is 0. The van der Waals surface area contributed by atoms with Crippen molar-refractivity contribution in [3.05, 3.63) is 29.7 Å². The third-order valence-corrected chi connectivity index (χ3v) is 1.96. The van der Waals surface area contributed by atoms with Crippen LogP contribution in [0.25, 0.3) is 0 Å². The Bertz CT molecular complexity index is 521. The SMILES string of the molecule is FC(F)(F)c1cc(C(F)(F)F)n(C2=N[N]C=C2)n1. The Morgan fingerprint density at radius 1 is 1.00 bits per heavy atom. The minimum Gasteiger partial charge on any atom is -0.208 e. The van der Waals surface area contributed by atoms with Gasteiger partial charge in [0, 0.05) is 12.1 Å². The highest BCUT2D eigenvalue weighted by Gasteiger charge is 2.42. The second-order valence-corrected chi connectivity index (χ2v) is 3.21. The van der Waals surface area contributed by atoms with E-state index in [1.165, 1.54) is 0 Å². The van der Waals surface area contributed by atoms with E-state index in [2.05, 4.69) is 15.6 Å². The molecule has 0 aromatic carbocycles. The number of aromatic nitrogens is 2. The van der Waals surface area contributed by atoms with Crippen LogP contribution in [-0.2, 0) is 12.4 Å². The Labute approximate surface area is 95.6 Å². The first-order chi connectivity index (χ1) is 8.19. The smallest absolute Gasteiger partial charge is 0.208 e. The minimum absolute atomic E-state index is 0.0653. The van der Waals surface area contributed by atoms with Crippen LogP contribution in [0.4, 0.5) is 26.3 Å². The van der Waals surface area contributed by atoms with Crippen molar-refractivity contribution in [2.75, 3.05) is 0 Å². The van der Waals surface area contributed by atoms with Gasteiger partial charge in [0.1, 0.15) is 0 Å². The van der Waals surface area contributed by atoms with Crippen LogP contribution in [0.1, 0.15) is 11.4 Å². The maximum absolute atomic E-state index is 12.6. The second-order valence-electron chi connectivity index (χ2n) is 3.21. The van der Waals surface area contributed by atoms with Gasteiger partial charge in [-0.25, -0.2) is 4.68 Å². The molecule has 0 aliphatic carbocycles. The number of allylic oxidation sites excluding steroid dienone is 1. The first-order valence-electron chi connectivity index (χ1n) is 4.39. The van der Waals surface area contributed by atoms with E-state index in [0.29, 0.717) is 0 Å². The highest BCUT2D eigenvalue weighted by molar-refractivity contribution is 5.95. The van der Waals surface area contributed by atoms with Gasteiger partial charge in [0.2, 0.25) is 0 Å². The molecule has 97 valence electrons. The number of halogens is 6. The lowest BCUT2D eigenvalue weighted by Crippen LogP contribution is -2.20. The molecule has 0 spiro atoms. The quantitative estimate of drug-likeness (QED) is 0.666. The Morgan fingerprint density at radius 2 is 1.67 bits per heavy atom. The van der Waals surface area contributed by atoms with Crippen LogP contribution < -0.4 is 5.43 Å². The molecule has 0 saturated heterocycles. The van der Waals surface area contributed by atoms with Crippen LogP contribution in [-0.4, -0.2) is 15.6 Å². The van der Waals surface area contributed by atoms with Gasteiger partial charge in [0.05, 0.1) is 6.20 Å². The van der Waals surface area contributed by atoms with Gasteiger partial charge in [-0.2, -0.15) is 36.9 Å². The molecule has 4 nitrogen and oxygen atoms in total. The summed E-state index contributed by atoms with van der Waals surface area (Å²) in [6.07, 6.45) is -7.88. The first-order valence-corrected chi connectivity index (χ1v) is 4.39. The summed E-state index contributed by atoms with van der Waals surface area (Å²) in [6, 6.07) is -0.0747. The van der Waals surface area contributed by atoms with E-state index in [-0.39, 0.29) is 10.7 Å². The van der Waals surface area contributed by atoms with Crippen LogP contribution >= 0.6 is 0 Å². The fraction of sp³-hybridized carbons (Fsp3) is 0.250. The largest absolute Gasteiger partial charge is 0.435 e. The monoisotopic (exact) mass is 269 g/mol.